The van der Waals surface area contributed by atoms with Crippen molar-refractivity contribution in [3.05, 3.63) is 72.1 Å². The van der Waals surface area contributed by atoms with E-state index in [0.29, 0.717) is 40.3 Å². The molecule has 0 saturated heterocycles. The van der Waals surface area contributed by atoms with E-state index in [4.69, 9.17) is 14.2 Å². The van der Waals surface area contributed by atoms with E-state index in [2.05, 4.69) is 25.9 Å². The molecule has 0 unspecified atom stereocenters. The number of methoxy groups -OCH3 is 2. The van der Waals surface area contributed by atoms with Crippen molar-refractivity contribution in [2.24, 2.45) is 0 Å². The zero-order valence-electron chi connectivity index (χ0n) is 19.2. The number of hydrogen-bond acceptors (Lipinski definition) is 7. The summed E-state index contributed by atoms with van der Waals surface area (Å²) < 4.78 is 17.9. The Bertz CT molecular complexity index is 1260. The molecule has 174 valence electrons. The Balaban J connectivity index is 1.36. The molecule has 4 aromatic rings. The maximum Gasteiger partial charge on any atom is 0.323 e. The van der Waals surface area contributed by atoms with Gasteiger partial charge in [-0.15, -0.1) is 10.2 Å². The number of aromatic nitrogens is 4. The van der Waals surface area contributed by atoms with Crippen molar-refractivity contribution in [3.63, 3.8) is 0 Å². The molecule has 34 heavy (non-hydrogen) atoms. The van der Waals surface area contributed by atoms with Crippen molar-refractivity contribution in [3.8, 4) is 28.9 Å². The van der Waals surface area contributed by atoms with Crippen LogP contribution in [0, 0.1) is 13.8 Å². The van der Waals surface area contributed by atoms with Crippen LogP contribution in [0.5, 0.6) is 23.1 Å². The quantitative estimate of drug-likeness (QED) is 0.410. The molecule has 2 heterocycles. The van der Waals surface area contributed by atoms with Crippen molar-refractivity contribution < 1.29 is 19.0 Å². The summed E-state index contributed by atoms with van der Waals surface area (Å²) in [5.41, 5.74) is 3.00. The minimum absolute atomic E-state index is 0.343. The summed E-state index contributed by atoms with van der Waals surface area (Å²) in [4.78, 5) is 12.4. The molecule has 0 aliphatic rings. The number of aryl methyl sites for hydroxylation is 2. The van der Waals surface area contributed by atoms with Crippen molar-refractivity contribution in [1.82, 2.24) is 20.0 Å². The van der Waals surface area contributed by atoms with Gasteiger partial charge in [-0.2, -0.15) is 5.10 Å². The van der Waals surface area contributed by atoms with Gasteiger partial charge in [-0.3, -0.25) is 0 Å². The van der Waals surface area contributed by atoms with E-state index in [0.717, 1.165) is 11.4 Å². The molecule has 0 aliphatic carbocycles. The topological polar surface area (TPSA) is 112 Å². The standard InChI is InChI=1S/C24H24N6O4/c1-15-11-16(2)30(29-15)22-9-10-23(28-27-22)34-19-7-5-17(6-8-19)25-24(31)26-18-12-20(32-3)14-21(13-18)33-4/h5-14H,1-4H3,(H2,25,26,31). The molecule has 2 N–H and O–H groups in total. The molecule has 10 nitrogen and oxygen atoms in total. The first kappa shape index (κ1) is 22.6. The fraction of sp³-hybridized carbons (Fsp3) is 0.167. The molecule has 0 atom stereocenters. The Morgan fingerprint density at radius 1 is 0.794 bits per heavy atom. The van der Waals surface area contributed by atoms with Crippen LogP contribution in [0.4, 0.5) is 16.2 Å². The lowest BCUT2D eigenvalue weighted by Gasteiger charge is -2.11. The van der Waals surface area contributed by atoms with E-state index >= 15 is 0 Å². The number of carbonyl (C=O) groups is 1. The second-order valence-corrected chi connectivity index (χ2v) is 7.38. The molecule has 4 rings (SSSR count). The fourth-order valence-electron chi connectivity index (χ4n) is 3.24. The molecular weight excluding hydrogens is 436 g/mol. The number of ether oxygens (including phenoxy) is 3. The number of nitrogens with one attached hydrogen (secondary N) is 2. The van der Waals surface area contributed by atoms with Crippen molar-refractivity contribution in [2.75, 3.05) is 24.9 Å². The lowest BCUT2D eigenvalue weighted by Crippen LogP contribution is -2.19. The number of hydrogen-bond donors (Lipinski definition) is 2. The van der Waals surface area contributed by atoms with Crippen LogP contribution in [-0.4, -0.2) is 40.2 Å². The van der Waals surface area contributed by atoms with E-state index in [1.807, 2.05) is 19.9 Å². The summed E-state index contributed by atoms with van der Waals surface area (Å²) in [7, 11) is 3.09. The lowest BCUT2D eigenvalue weighted by molar-refractivity contribution is 0.262. The average Bonchev–Trinajstić information content (AvgIpc) is 3.18. The molecular formula is C24H24N6O4. The molecule has 0 spiro atoms. The Morgan fingerprint density at radius 3 is 2.03 bits per heavy atom. The van der Waals surface area contributed by atoms with Crippen LogP contribution >= 0.6 is 0 Å². The molecule has 0 radical (unpaired) electrons. The highest BCUT2D eigenvalue weighted by molar-refractivity contribution is 6.00. The van der Waals surface area contributed by atoms with Crippen LogP contribution in [0.1, 0.15) is 11.4 Å². The number of benzene rings is 2. The second-order valence-electron chi connectivity index (χ2n) is 7.38. The summed E-state index contributed by atoms with van der Waals surface area (Å²) in [6.07, 6.45) is 0. The first-order valence-corrected chi connectivity index (χ1v) is 10.4. The number of rotatable bonds is 7. The third kappa shape index (κ3) is 5.41. The Hall–Kier alpha value is -4.60. The maximum absolute atomic E-state index is 12.4. The maximum atomic E-state index is 12.4. The third-order valence-electron chi connectivity index (χ3n) is 4.80. The molecule has 0 aliphatic heterocycles. The number of anilines is 2. The van der Waals surface area contributed by atoms with Gasteiger partial charge >= 0.3 is 6.03 Å². The number of nitrogens with zero attached hydrogens (tertiary/aromatic N) is 4. The Kier molecular flexibility index (Phi) is 6.58. The summed E-state index contributed by atoms with van der Waals surface area (Å²) in [5.74, 6) is 2.65. The van der Waals surface area contributed by atoms with Gasteiger partial charge < -0.3 is 24.8 Å². The summed E-state index contributed by atoms with van der Waals surface area (Å²) in [6, 6.07) is 17.1. The monoisotopic (exact) mass is 460 g/mol. The highest BCUT2D eigenvalue weighted by atomic mass is 16.5. The van der Waals surface area contributed by atoms with Crippen LogP contribution in [-0.2, 0) is 0 Å². The van der Waals surface area contributed by atoms with Crippen molar-refractivity contribution >= 4 is 17.4 Å². The minimum atomic E-state index is -0.408. The second kappa shape index (κ2) is 9.90. The van der Waals surface area contributed by atoms with Crippen LogP contribution in [0.25, 0.3) is 5.82 Å². The summed E-state index contributed by atoms with van der Waals surface area (Å²) >= 11 is 0. The zero-order chi connectivity index (χ0) is 24.1. The van der Waals surface area contributed by atoms with Gasteiger partial charge in [-0.25, -0.2) is 9.48 Å². The van der Waals surface area contributed by atoms with E-state index in [1.54, 1.807) is 73.5 Å². The lowest BCUT2D eigenvalue weighted by atomic mass is 10.2. The zero-order valence-corrected chi connectivity index (χ0v) is 19.2. The molecule has 0 bridgehead atoms. The predicted molar refractivity (Wildman–Crippen MR) is 127 cm³/mol. The van der Waals surface area contributed by atoms with Gasteiger partial charge in [0, 0.05) is 41.3 Å². The smallest absolute Gasteiger partial charge is 0.323 e. The fourth-order valence-corrected chi connectivity index (χ4v) is 3.24. The van der Waals surface area contributed by atoms with Gasteiger partial charge in [0.1, 0.15) is 17.2 Å². The normalized spacial score (nSPS) is 10.5. The minimum Gasteiger partial charge on any atom is -0.497 e. The van der Waals surface area contributed by atoms with Gasteiger partial charge in [0.25, 0.3) is 0 Å². The molecule has 0 saturated carbocycles. The van der Waals surface area contributed by atoms with Crippen molar-refractivity contribution in [2.45, 2.75) is 13.8 Å². The van der Waals surface area contributed by atoms with Crippen LogP contribution in [0.2, 0.25) is 0 Å². The molecule has 2 aromatic heterocycles. The molecule has 10 heteroatoms. The van der Waals surface area contributed by atoms with E-state index in [-0.39, 0.29) is 0 Å². The van der Waals surface area contributed by atoms with Gasteiger partial charge in [0.05, 0.1) is 19.9 Å². The van der Waals surface area contributed by atoms with Crippen LogP contribution < -0.4 is 24.8 Å². The molecule has 2 aromatic carbocycles. The Morgan fingerprint density at radius 2 is 1.47 bits per heavy atom. The van der Waals surface area contributed by atoms with Crippen LogP contribution in [0.15, 0.2) is 60.7 Å². The summed E-state index contributed by atoms with van der Waals surface area (Å²) in [6.45, 7) is 3.88. The first-order chi connectivity index (χ1) is 16.4. The van der Waals surface area contributed by atoms with Crippen molar-refractivity contribution in [1.29, 1.82) is 0 Å². The number of amides is 2. The number of carbonyl (C=O) groups excluding carboxylic acids is 1. The predicted octanol–water partition coefficient (Wildman–Crippen LogP) is 4.73. The largest absolute Gasteiger partial charge is 0.497 e. The van der Waals surface area contributed by atoms with Gasteiger partial charge in [-0.05, 0) is 50.2 Å². The van der Waals surface area contributed by atoms with Gasteiger partial charge in [-0.1, -0.05) is 0 Å². The number of urea groups is 1. The third-order valence-corrected chi connectivity index (χ3v) is 4.80. The molecule has 0 fully saturated rings. The highest BCUT2D eigenvalue weighted by Crippen LogP contribution is 2.26. The Labute approximate surface area is 196 Å². The van der Waals surface area contributed by atoms with Gasteiger partial charge in [0.2, 0.25) is 5.88 Å². The van der Waals surface area contributed by atoms with Gasteiger partial charge in [0.15, 0.2) is 5.82 Å². The highest BCUT2D eigenvalue weighted by Gasteiger charge is 2.09. The molecule has 2 amide bonds. The van der Waals surface area contributed by atoms with E-state index in [1.165, 1.54) is 0 Å². The summed E-state index contributed by atoms with van der Waals surface area (Å²) in [5, 5.41) is 18.2. The SMILES string of the molecule is COc1cc(NC(=O)Nc2ccc(Oc3ccc(-n4nc(C)cc4C)nn3)cc2)cc(OC)c1. The van der Waals surface area contributed by atoms with Crippen LogP contribution in [0.3, 0.4) is 0 Å². The first-order valence-electron chi connectivity index (χ1n) is 10.4. The van der Waals surface area contributed by atoms with E-state index in [9.17, 15) is 4.79 Å². The average molecular weight is 460 g/mol. The van der Waals surface area contributed by atoms with E-state index < -0.39 is 6.03 Å².